The maximum absolute atomic E-state index is 2.57. The molecule has 204 valence electrons. The first kappa shape index (κ1) is 31.9. The van der Waals surface area contributed by atoms with Crippen molar-refractivity contribution in [1.29, 1.82) is 0 Å². The van der Waals surface area contributed by atoms with Crippen LogP contribution in [0.5, 0.6) is 0 Å². The van der Waals surface area contributed by atoms with E-state index in [4.69, 9.17) is 0 Å². The van der Waals surface area contributed by atoms with Gasteiger partial charge in [0.05, 0.1) is 27.2 Å². The minimum atomic E-state index is 0.808. The highest BCUT2D eigenvalue weighted by molar-refractivity contribution is 4.66. The van der Waals surface area contributed by atoms with Gasteiger partial charge in [-0.05, 0) is 39.5 Å². The number of quaternary nitrogens is 2. The molecule has 0 radical (unpaired) electrons. The van der Waals surface area contributed by atoms with Crippen molar-refractivity contribution in [3.8, 4) is 0 Å². The second-order valence-electron chi connectivity index (χ2n) is 12.8. The average Bonchev–Trinajstić information content (AvgIpc) is 2.80. The van der Waals surface area contributed by atoms with Gasteiger partial charge in [-0.2, -0.15) is 0 Å². The first-order chi connectivity index (χ1) is 16.4. The summed E-state index contributed by atoms with van der Waals surface area (Å²) in [5.41, 5.74) is 0. The summed E-state index contributed by atoms with van der Waals surface area (Å²) in [6.07, 6.45) is 29.0. The van der Waals surface area contributed by atoms with Crippen LogP contribution in [0.1, 0.15) is 156 Å². The van der Waals surface area contributed by atoms with E-state index in [1.165, 1.54) is 164 Å². The second kappa shape index (κ2) is 19.1. The summed E-state index contributed by atoms with van der Waals surface area (Å²) < 4.78 is 2.65. The van der Waals surface area contributed by atoms with Crippen LogP contribution in [0.4, 0.5) is 0 Å². The van der Waals surface area contributed by atoms with Crippen LogP contribution < -0.4 is 0 Å². The van der Waals surface area contributed by atoms with E-state index in [1.54, 1.807) is 0 Å². The Balaban J connectivity index is 2.16. The lowest BCUT2D eigenvalue weighted by Gasteiger charge is -2.54. The van der Waals surface area contributed by atoms with E-state index in [0.717, 1.165) is 12.1 Å². The molecule has 1 saturated heterocycles. The van der Waals surface area contributed by atoms with Gasteiger partial charge in [-0.15, -0.1) is 0 Å². The fourth-order valence-electron chi connectivity index (χ4n) is 6.51. The number of nitrogens with zero attached hydrogens (tertiary/aromatic N) is 2. The Morgan fingerprint density at radius 2 is 0.647 bits per heavy atom. The van der Waals surface area contributed by atoms with Gasteiger partial charge in [0.2, 0.25) is 0 Å². The van der Waals surface area contributed by atoms with Crippen molar-refractivity contribution in [2.45, 2.75) is 168 Å². The molecule has 0 amide bonds. The molecule has 0 bridgehead atoms. The van der Waals surface area contributed by atoms with E-state index in [0.29, 0.717) is 0 Å². The number of rotatable bonds is 22. The Labute approximate surface area is 217 Å². The Hall–Kier alpha value is -0.0800. The summed E-state index contributed by atoms with van der Waals surface area (Å²) >= 11 is 0. The summed E-state index contributed by atoms with van der Waals surface area (Å²) in [6, 6.07) is 1.62. The largest absolute Gasteiger partial charge is 0.314 e. The first-order valence-corrected chi connectivity index (χ1v) is 16.1. The number of hydrogen-bond donors (Lipinski definition) is 0. The van der Waals surface area contributed by atoms with Gasteiger partial charge in [0.25, 0.3) is 0 Å². The molecule has 2 heteroatoms. The van der Waals surface area contributed by atoms with Crippen LogP contribution in [0.25, 0.3) is 0 Å². The molecule has 4 atom stereocenters. The molecular weight excluding hydrogens is 412 g/mol. The lowest BCUT2D eigenvalue weighted by Crippen LogP contribution is -2.72. The van der Waals surface area contributed by atoms with Crippen molar-refractivity contribution in [2.24, 2.45) is 0 Å². The van der Waals surface area contributed by atoms with Gasteiger partial charge >= 0.3 is 0 Å². The lowest BCUT2D eigenvalue weighted by atomic mass is 9.99. The highest BCUT2D eigenvalue weighted by atomic mass is 15.5. The van der Waals surface area contributed by atoms with E-state index in [1.807, 2.05) is 0 Å². The van der Waals surface area contributed by atoms with Crippen molar-refractivity contribution in [1.82, 2.24) is 0 Å². The Kier molecular flexibility index (Phi) is 17.9. The molecule has 1 aliphatic rings. The SMILES string of the molecule is CCCCCCCCCCCC[N+]1(C)CC(C)[N+](C)(CCCCCCCCCCCC)CC1C. The van der Waals surface area contributed by atoms with Gasteiger partial charge in [0, 0.05) is 0 Å². The third-order valence-electron chi connectivity index (χ3n) is 9.54. The summed E-state index contributed by atoms with van der Waals surface area (Å²) in [4.78, 5) is 0. The normalized spacial score (nSPS) is 27.4. The van der Waals surface area contributed by atoms with Gasteiger partial charge in [-0.3, -0.25) is 0 Å². The van der Waals surface area contributed by atoms with Crippen LogP contribution in [0.15, 0.2) is 0 Å². The molecule has 0 saturated carbocycles. The maximum atomic E-state index is 2.57. The fourth-order valence-corrected chi connectivity index (χ4v) is 6.51. The molecule has 1 fully saturated rings. The number of likely N-dealkylation sites (N-methyl/N-ethyl adjacent to an activating group) is 2. The van der Waals surface area contributed by atoms with Crippen molar-refractivity contribution in [3.05, 3.63) is 0 Å². The Bertz CT molecular complexity index is 422. The van der Waals surface area contributed by atoms with E-state index >= 15 is 0 Å². The van der Waals surface area contributed by atoms with Crippen molar-refractivity contribution in [3.63, 3.8) is 0 Å². The predicted molar refractivity (Wildman–Crippen MR) is 154 cm³/mol. The molecule has 0 aromatic heterocycles. The maximum Gasteiger partial charge on any atom is 0.136 e. The summed E-state index contributed by atoms with van der Waals surface area (Å²) in [5.74, 6) is 0. The topological polar surface area (TPSA) is 0 Å². The Morgan fingerprint density at radius 1 is 0.412 bits per heavy atom. The van der Waals surface area contributed by atoms with Gasteiger partial charge in [0.15, 0.2) is 0 Å². The average molecular weight is 481 g/mol. The third kappa shape index (κ3) is 13.3. The van der Waals surface area contributed by atoms with Gasteiger partial charge in [0.1, 0.15) is 25.2 Å². The molecule has 0 aliphatic carbocycles. The highest BCUT2D eigenvalue weighted by Gasteiger charge is 2.46. The van der Waals surface area contributed by atoms with Crippen LogP contribution >= 0.6 is 0 Å². The molecule has 0 N–H and O–H groups in total. The molecule has 4 unspecified atom stereocenters. The monoisotopic (exact) mass is 481 g/mol. The first-order valence-electron chi connectivity index (χ1n) is 16.1. The Morgan fingerprint density at radius 3 is 0.912 bits per heavy atom. The molecule has 0 spiro atoms. The van der Waals surface area contributed by atoms with Gasteiger partial charge < -0.3 is 8.97 Å². The zero-order valence-electron chi connectivity index (χ0n) is 25.0. The molecule has 1 heterocycles. The number of piperazine rings is 1. The van der Waals surface area contributed by atoms with Crippen LogP contribution in [0.2, 0.25) is 0 Å². The number of hydrogen-bond acceptors (Lipinski definition) is 0. The smallest absolute Gasteiger partial charge is 0.136 e. The lowest BCUT2D eigenvalue weighted by molar-refractivity contribution is -1.05. The van der Waals surface area contributed by atoms with Crippen LogP contribution in [0.3, 0.4) is 0 Å². The van der Waals surface area contributed by atoms with E-state index in [9.17, 15) is 0 Å². The summed E-state index contributed by atoms with van der Waals surface area (Å²) in [5, 5.41) is 0. The van der Waals surface area contributed by atoms with Crippen LogP contribution in [-0.4, -0.2) is 61.3 Å². The molecule has 0 aromatic rings. The summed E-state index contributed by atoms with van der Waals surface area (Å²) in [6.45, 7) is 15.3. The van der Waals surface area contributed by atoms with Gasteiger partial charge in [-0.25, -0.2) is 0 Å². The third-order valence-corrected chi connectivity index (χ3v) is 9.54. The fraction of sp³-hybridized carbons (Fsp3) is 1.00. The molecule has 1 rings (SSSR count). The zero-order chi connectivity index (χ0) is 25.1. The molecular formula is C32H68N2+2. The molecule has 34 heavy (non-hydrogen) atoms. The molecule has 0 aromatic carbocycles. The van der Waals surface area contributed by atoms with E-state index in [-0.39, 0.29) is 0 Å². The van der Waals surface area contributed by atoms with Crippen LogP contribution in [-0.2, 0) is 0 Å². The minimum Gasteiger partial charge on any atom is -0.314 e. The van der Waals surface area contributed by atoms with E-state index in [2.05, 4.69) is 41.8 Å². The van der Waals surface area contributed by atoms with Gasteiger partial charge in [-0.1, -0.05) is 117 Å². The minimum absolute atomic E-state index is 0.808. The van der Waals surface area contributed by atoms with Crippen LogP contribution in [0, 0.1) is 0 Å². The standard InChI is InChI=1S/C32H68N2/c1-7-9-11-13-15-17-19-21-23-25-27-33(5)29-32(4)34(6,30-31(33)3)28-26-24-22-20-18-16-14-12-10-8-2/h31-32H,7-30H2,1-6H3/q+2. The van der Waals surface area contributed by atoms with Crippen molar-refractivity contribution in [2.75, 3.05) is 40.3 Å². The number of unbranched alkanes of at least 4 members (excludes halogenated alkanes) is 18. The second-order valence-corrected chi connectivity index (χ2v) is 12.8. The quantitative estimate of drug-likeness (QED) is 0.107. The molecule has 1 aliphatic heterocycles. The zero-order valence-corrected chi connectivity index (χ0v) is 25.0. The highest BCUT2D eigenvalue weighted by Crippen LogP contribution is 2.28. The summed E-state index contributed by atoms with van der Waals surface area (Å²) in [7, 11) is 5.14. The van der Waals surface area contributed by atoms with Crippen molar-refractivity contribution >= 4 is 0 Å². The molecule has 2 nitrogen and oxygen atoms in total. The van der Waals surface area contributed by atoms with Crippen molar-refractivity contribution < 1.29 is 8.97 Å². The predicted octanol–water partition coefficient (Wildman–Crippen LogP) is 9.51. The van der Waals surface area contributed by atoms with E-state index < -0.39 is 0 Å².